The number of halogens is 3. The second-order valence-corrected chi connectivity index (χ2v) is 12.2. The monoisotopic (exact) mass is 599 g/mol. The maximum Gasteiger partial charge on any atom is 0.242 e. The molecule has 1 unspecified atom stereocenters. The summed E-state index contributed by atoms with van der Waals surface area (Å²) in [5, 5.41) is 3.04. The first-order valence-electron chi connectivity index (χ1n) is 12.2. The van der Waals surface area contributed by atoms with E-state index in [0.29, 0.717) is 0 Å². The van der Waals surface area contributed by atoms with E-state index in [0.717, 1.165) is 58.4 Å². The van der Waals surface area contributed by atoms with E-state index in [2.05, 4.69) is 21.2 Å². The van der Waals surface area contributed by atoms with E-state index in [1.807, 2.05) is 24.3 Å². The number of rotatable bonds is 11. The molecule has 0 aromatic heterocycles. The second-order valence-electron chi connectivity index (χ2n) is 9.35. The SMILES string of the molecule is CC(C(=O)NC1CCCC1)N(Cc1ccc(Br)cc1)C(=O)CCCN(c1ccc(F)c(F)c1)S(C)(=O)=O. The van der Waals surface area contributed by atoms with E-state index < -0.39 is 27.7 Å². The molecule has 2 aromatic rings. The first kappa shape index (κ1) is 29.0. The Morgan fingerprint density at radius 1 is 1.08 bits per heavy atom. The van der Waals surface area contributed by atoms with Crippen molar-refractivity contribution < 1.29 is 26.8 Å². The molecule has 1 aliphatic carbocycles. The Bertz CT molecular complexity index is 1200. The van der Waals surface area contributed by atoms with Crippen molar-refractivity contribution in [1.29, 1.82) is 0 Å². The van der Waals surface area contributed by atoms with Crippen LogP contribution in [0.1, 0.15) is 51.0 Å². The standard InChI is InChI=1S/C26H32BrF2N3O4S/c1-18(26(34)30-21-6-3-4-7-21)31(17-19-9-11-20(27)12-10-19)25(33)8-5-15-32(37(2,35)36)22-13-14-23(28)24(29)16-22/h9-14,16,18,21H,3-8,15,17H2,1-2H3,(H,30,34). The molecule has 1 saturated carbocycles. The Balaban J connectivity index is 1.72. The van der Waals surface area contributed by atoms with Gasteiger partial charge in [0.15, 0.2) is 11.6 Å². The molecule has 0 saturated heterocycles. The number of anilines is 1. The topological polar surface area (TPSA) is 86.8 Å². The zero-order chi connectivity index (χ0) is 27.2. The van der Waals surface area contributed by atoms with Crippen molar-refractivity contribution in [1.82, 2.24) is 10.2 Å². The van der Waals surface area contributed by atoms with Gasteiger partial charge in [0.05, 0.1) is 11.9 Å². The quantitative estimate of drug-likeness (QED) is 0.404. The molecule has 0 spiro atoms. The van der Waals surface area contributed by atoms with E-state index in [1.165, 1.54) is 11.0 Å². The molecule has 202 valence electrons. The molecule has 0 heterocycles. The summed E-state index contributed by atoms with van der Waals surface area (Å²) in [5.74, 6) is -2.78. The Hall–Kier alpha value is -2.53. The van der Waals surface area contributed by atoms with Crippen LogP contribution in [-0.4, -0.2) is 50.0 Å². The van der Waals surface area contributed by atoms with Crippen molar-refractivity contribution >= 4 is 43.5 Å². The fourth-order valence-electron chi connectivity index (χ4n) is 4.41. The first-order valence-corrected chi connectivity index (χ1v) is 14.9. The fourth-order valence-corrected chi connectivity index (χ4v) is 5.63. The van der Waals surface area contributed by atoms with Gasteiger partial charge in [0.25, 0.3) is 0 Å². The van der Waals surface area contributed by atoms with Crippen LogP contribution in [0.25, 0.3) is 0 Å². The van der Waals surface area contributed by atoms with E-state index in [1.54, 1.807) is 6.92 Å². The lowest BCUT2D eigenvalue weighted by Crippen LogP contribution is -2.49. The summed E-state index contributed by atoms with van der Waals surface area (Å²) in [6, 6.07) is 9.66. The molecule has 3 rings (SSSR count). The number of amides is 2. The maximum atomic E-state index is 13.7. The van der Waals surface area contributed by atoms with Crippen molar-refractivity contribution in [2.24, 2.45) is 0 Å². The van der Waals surface area contributed by atoms with Crippen molar-refractivity contribution in [3.8, 4) is 0 Å². The number of sulfonamides is 1. The summed E-state index contributed by atoms with van der Waals surface area (Å²) in [6.45, 7) is 1.79. The highest BCUT2D eigenvalue weighted by Crippen LogP contribution is 2.22. The van der Waals surface area contributed by atoms with Crippen LogP contribution in [-0.2, 0) is 26.2 Å². The lowest BCUT2D eigenvalue weighted by atomic mass is 10.1. The molecule has 1 fully saturated rings. The van der Waals surface area contributed by atoms with Gasteiger partial charge in [-0.15, -0.1) is 0 Å². The lowest BCUT2D eigenvalue weighted by Gasteiger charge is -2.30. The predicted molar refractivity (Wildman–Crippen MR) is 142 cm³/mol. The summed E-state index contributed by atoms with van der Waals surface area (Å²) in [6.07, 6.45) is 5.03. The maximum absolute atomic E-state index is 13.7. The number of nitrogens with one attached hydrogen (secondary N) is 1. The summed E-state index contributed by atoms with van der Waals surface area (Å²) in [5.41, 5.74) is 0.821. The molecule has 2 aromatic carbocycles. The molecule has 2 amide bonds. The first-order chi connectivity index (χ1) is 17.5. The molecule has 7 nitrogen and oxygen atoms in total. The highest BCUT2D eigenvalue weighted by Gasteiger charge is 2.29. The molecule has 11 heteroatoms. The number of benzene rings is 2. The molecule has 0 radical (unpaired) electrons. The number of carbonyl (C=O) groups excluding carboxylic acids is 2. The smallest absolute Gasteiger partial charge is 0.242 e. The average molecular weight is 601 g/mol. The normalized spacial score (nSPS) is 14.8. The summed E-state index contributed by atoms with van der Waals surface area (Å²) >= 11 is 3.39. The number of hydrogen-bond donors (Lipinski definition) is 1. The predicted octanol–water partition coefficient (Wildman–Crippen LogP) is 4.75. The molecule has 0 aliphatic heterocycles. The lowest BCUT2D eigenvalue weighted by molar-refractivity contribution is -0.141. The number of nitrogens with zero attached hydrogens (tertiary/aromatic N) is 2. The van der Waals surface area contributed by atoms with Crippen LogP contribution in [0.15, 0.2) is 46.9 Å². The van der Waals surface area contributed by atoms with Crippen molar-refractivity contribution in [2.45, 2.75) is 64.1 Å². The van der Waals surface area contributed by atoms with Crippen molar-refractivity contribution in [3.05, 3.63) is 64.1 Å². The van der Waals surface area contributed by atoms with E-state index >= 15 is 0 Å². The van der Waals surface area contributed by atoms with Crippen LogP contribution in [0.3, 0.4) is 0 Å². The molecule has 1 atom stereocenters. The van der Waals surface area contributed by atoms with Gasteiger partial charge in [-0.2, -0.15) is 0 Å². The van der Waals surface area contributed by atoms with Gasteiger partial charge >= 0.3 is 0 Å². The number of hydrogen-bond acceptors (Lipinski definition) is 4. The summed E-state index contributed by atoms with van der Waals surface area (Å²) < 4.78 is 53.6. The highest BCUT2D eigenvalue weighted by atomic mass is 79.9. The highest BCUT2D eigenvalue weighted by molar-refractivity contribution is 9.10. The van der Waals surface area contributed by atoms with Gasteiger partial charge in [0.2, 0.25) is 21.8 Å². The van der Waals surface area contributed by atoms with Crippen LogP contribution in [0.2, 0.25) is 0 Å². The van der Waals surface area contributed by atoms with E-state index in [4.69, 9.17) is 0 Å². The fraction of sp³-hybridized carbons (Fsp3) is 0.462. The Morgan fingerprint density at radius 2 is 1.73 bits per heavy atom. The molecular formula is C26H32BrF2N3O4S. The third kappa shape index (κ3) is 8.23. The third-order valence-corrected chi connectivity index (χ3v) is 8.20. The largest absolute Gasteiger partial charge is 0.352 e. The Morgan fingerprint density at radius 3 is 2.32 bits per heavy atom. The van der Waals surface area contributed by atoms with Crippen molar-refractivity contribution in [3.63, 3.8) is 0 Å². The van der Waals surface area contributed by atoms with Crippen LogP contribution in [0.4, 0.5) is 14.5 Å². The van der Waals surface area contributed by atoms with Crippen LogP contribution in [0, 0.1) is 11.6 Å². The molecule has 1 N–H and O–H groups in total. The molecule has 0 bridgehead atoms. The van der Waals surface area contributed by atoms with Gasteiger partial charge in [0.1, 0.15) is 6.04 Å². The van der Waals surface area contributed by atoms with E-state index in [-0.39, 0.29) is 49.5 Å². The second kappa shape index (κ2) is 12.8. The van der Waals surface area contributed by atoms with Gasteiger partial charge in [-0.25, -0.2) is 17.2 Å². The molecule has 1 aliphatic rings. The average Bonchev–Trinajstić information content (AvgIpc) is 3.35. The zero-order valence-corrected chi connectivity index (χ0v) is 23.3. The minimum absolute atomic E-state index is 0.0233. The van der Waals surface area contributed by atoms with Crippen LogP contribution < -0.4 is 9.62 Å². The zero-order valence-electron chi connectivity index (χ0n) is 20.9. The minimum atomic E-state index is -3.81. The third-order valence-electron chi connectivity index (χ3n) is 6.48. The van der Waals surface area contributed by atoms with Gasteiger partial charge in [-0.1, -0.05) is 40.9 Å². The number of carbonyl (C=O) groups is 2. The van der Waals surface area contributed by atoms with Gasteiger partial charge in [-0.05, 0) is 56.0 Å². The summed E-state index contributed by atoms with van der Waals surface area (Å²) in [4.78, 5) is 27.8. The van der Waals surface area contributed by atoms with E-state index in [9.17, 15) is 26.8 Å². The minimum Gasteiger partial charge on any atom is -0.352 e. The Kier molecular flexibility index (Phi) is 10.1. The van der Waals surface area contributed by atoms with Gasteiger partial charge < -0.3 is 10.2 Å². The van der Waals surface area contributed by atoms with Crippen LogP contribution >= 0.6 is 15.9 Å². The van der Waals surface area contributed by atoms with Crippen molar-refractivity contribution in [2.75, 3.05) is 17.1 Å². The van der Waals surface area contributed by atoms with Crippen LogP contribution in [0.5, 0.6) is 0 Å². The molecule has 37 heavy (non-hydrogen) atoms. The summed E-state index contributed by atoms with van der Waals surface area (Å²) in [7, 11) is -3.81. The van der Waals surface area contributed by atoms with Gasteiger partial charge in [0, 0.05) is 36.1 Å². The molecular weight excluding hydrogens is 568 g/mol. The Labute approximate surface area is 225 Å². The van der Waals surface area contributed by atoms with Gasteiger partial charge in [-0.3, -0.25) is 13.9 Å².